The van der Waals surface area contributed by atoms with Crippen molar-refractivity contribution in [3.63, 3.8) is 0 Å². The van der Waals surface area contributed by atoms with Crippen LogP contribution in [0.25, 0.3) is 0 Å². The van der Waals surface area contributed by atoms with Crippen molar-refractivity contribution in [3.8, 4) is 5.75 Å². The van der Waals surface area contributed by atoms with Crippen LogP contribution in [0.1, 0.15) is 19.8 Å². The molecule has 1 fully saturated rings. The summed E-state index contributed by atoms with van der Waals surface area (Å²) in [5.74, 6) is -1.60. The lowest BCUT2D eigenvalue weighted by Gasteiger charge is -2.22. The second kappa shape index (κ2) is 6.96. The third-order valence-corrected chi connectivity index (χ3v) is 5.88. The quantitative estimate of drug-likeness (QED) is 0.806. The van der Waals surface area contributed by atoms with E-state index in [1.54, 1.807) is 0 Å². The summed E-state index contributed by atoms with van der Waals surface area (Å²) < 4.78 is 31.7. The number of methoxy groups -OCH3 is 1. The number of nitrogens with one attached hydrogen (secondary N) is 1. The highest BCUT2D eigenvalue weighted by Gasteiger charge is 2.41. The Labute approximate surface area is 144 Å². The average molecular weight is 377 g/mol. The number of benzene rings is 1. The zero-order valence-electron chi connectivity index (χ0n) is 13.1. The van der Waals surface area contributed by atoms with Gasteiger partial charge in [-0.25, -0.2) is 8.42 Å². The number of hydrogen-bond acceptors (Lipinski definition) is 5. The van der Waals surface area contributed by atoms with Crippen LogP contribution in [0.4, 0.5) is 5.69 Å². The summed E-state index contributed by atoms with van der Waals surface area (Å²) in [6, 6.07) is 1.33. The van der Waals surface area contributed by atoms with Crippen molar-refractivity contribution in [2.24, 2.45) is 0 Å². The number of nitrogens with zero attached hydrogens (tertiary/aromatic N) is 1. The van der Waals surface area contributed by atoms with Crippen LogP contribution >= 0.6 is 11.6 Å². The van der Waals surface area contributed by atoms with Crippen LogP contribution in [0.3, 0.4) is 0 Å². The highest BCUT2D eigenvalue weighted by molar-refractivity contribution is 7.89. The zero-order chi connectivity index (χ0) is 18.1. The van der Waals surface area contributed by atoms with Crippen molar-refractivity contribution in [3.05, 3.63) is 17.2 Å². The number of amides is 1. The molecule has 10 heteroatoms. The summed E-state index contributed by atoms with van der Waals surface area (Å²) in [7, 11) is -2.84. The number of halogens is 1. The lowest BCUT2D eigenvalue weighted by atomic mass is 10.2. The van der Waals surface area contributed by atoms with E-state index in [0.717, 1.165) is 10.4 Å². The van der Waals surface area contributed by atoms with E-state index in [-0.39, 0.29) is 40.2 Å². The summed E-state index contributed by atoms with van der Waals surface area (Å²) >= 11 is 6.04. The van der Waals surface area contributed by atoms with Crippen LogP contribution in [0.5, 0.6) is 5.75 Å². The fourth-order valence-corrected chi connectivity index (χ4v) is 4.67. The van der Waals surface area contributed by atoms with E-state index in [9.17, 15) is 23.1 Å². The van der Waals surface area contributed by atoms with Gasteiger partial charge >= 0.3 is 5.97 Å². The zero-order valence-corrected chi connectivity index (χ0v) is 14.6. The molecule has 0 bridgehead atoms. The molecular formula is C14H17ClN2O6S. The molecule has 0 spiro atoms. The van der Waals surface area contributed by atoms with E-state index in [2.05, 4.69) is 5.32 Å². The van der Waals surface area contributed by atoms with Crippen molar-refractivity contribution in [2.75, 3.05) is 19.0 Å². The number of hydrogen-bond donors (Lipinski definition) is 2. The molecule has 1 heterocycles. The van der Waals surface area contributed by atoms with Crippen LogP contribution < -0.4 is 10.1 Å². The van der Waals surface area contributed by atoms with Gasteiger partial charge in [-0.15, -0.1) is 0 Å². The lowest BCUT2D eigenvalue weighted by molar-refractivity contribution is -0.140. The Bertz CT molecular complexity index is 780. The van der Waals surface area contributed by atoms with Crippen molar-refractivity contribution < 1.29 is 27.9 Å². The van der Waals surface area contributed by atoms with E-state index >= 15 is 0 Å². The van der Waals surface area contributed by atoms with Gasteiger partial charge in [0, 0.05) is 19.5 Å². The maximum atomic E-state index is 12.9. The molecule has 1 aliphatic rings. The molecule has 8 nitrogen and oxygen atoms in total. The van der Waals surface area contributed by atoms with Gasteiger partial charge in [0.15, 0.2) is 0 Å². The topological polar surface area (TPSA) is 113 Å². The Kier molecular flexibility index (Phi) is 5.36. The van der Waals surface area contributed by atoms with Crippen molar-refractivity contribution in [2.45, 2.75) is 30.7 Å². The minimum absolute atomic E-state index is 0.00986. The number of ether oxygens (including phenoxy) is 1. The smallest absolute Gasteiger partial charge is 0.322 e. The molecule has 1 aromatic carbocycles. The van der Waals surface area contributed by atoms with Gasteiger partial charge in [0.2, 0.25) is 15.9 Å². The molecule has 2 rings (SSSR count). The van der Waals surface area contributed by atoms with Gasteiger partial charge in [-0.1, -0.05) is 11.6 Å². The molecule has 0 saturated carbocycles. The predicted octanol–water partition coefficient (Wildman–Crippen LogP) is 1.54. The fourth-order valence-electron chi connectivity index (χ4n) is 2.58. The van der Waals surface area contributed by atoms with Crippen LogP contribution in [0, 0.1) is 0 Å². The SMILES string of the molecule is COc1cc(NC(C)=O)c(Cl)cc1S(=O)(=O)N1CCC[C@H]1C(=O)O. The molecule has 0 aliphatic carbocycles. The molecule has 1 aliphatic heterocycles. The van der Waals surface area contributed by atoms with Crippen molar-refractivity contribution in [1.82, 2.24) is 4.31 Å². The lowest BCUT2D eigenvalue weighted by Crippen LogP contribution is -2.40. The maximum absolute atomic E-state index is 12.9. The Hall–Kier alpha value is -1.84. The third kappa shape index (κ3) is 3.47. The van der Waals surface area contributed by atoms with Gasteiger partial charge in [-0.3, -0.25) is 9.59 Å². The molecule has 0 radical (unpaired) electrons. The van der Waals surface area contributed by atoms with E-state index < -0.39 is 22.0 Å². The molecule has 1 atom stereocenters. The number of rotatable bonds is 5. The third-order valence-electron chi connectivity index (χ3n) is 3.64. The first kappa shape index (κ1) is 18.5. The van der Waals surface area contributed by atoms with Gasteiger partial charge < -0.3 is 15.2 Å². The maximum Gasteiger partial charge on any atom is 0.322 e. The minimum atomic E-state index is -4.11. The van der Waals surface area contributed by atoms with E-state index in [1.807, 2.05) is 0 Å². The van der Waals surface area contributed by atoms with Crippen LogP contribution in [-0.2, 0) is 19.6 Å². The molecule has 2 N–H and O–H groups in total. The first-order chi connectivity index (χ1) is 11.2. The minimum Gasteiger partial charge on any atom is -0.495 e. The first-order valence-corrected chi connectivity index (χ1v) is 8.90. The summed E-state index contributed by atoms with van der Waals surface area (Å²) in [6.45, 7) is 1.39. The number of carboxylic acid groups (broad SMARTS) is 1. The highest BCUT2D eigenvalue weighted by atomic mass is 35.5. The Balaban J connectivity index is 2.52. The number of aliphatic carboxylic acids is 1. The van der Waals surface area contributed by atoms with Crippen LogP contribution in [0.2, 0.25) is 5.02 Å². The van der Waals surface area contributed by atoms with Gasteiger partial charge in [0.25, 0.3) is 0 Å². The van der Waals surface area contributed by atoms with Gasteiger partial charge in [-0.05, 0) is 18.9 Å². The molecule has 24 heavy (non-hydrogen) atoms. The molecule has 1 aromatic rings. The molecule has 0 aromatic heterocycles. The molecule has 132 valence electrons. The molecule has 1 saturated heterocycles. The second-order valence-corrected chi connectivity index (χ2v) is 7.54. The molecular weight excluding hydrogens is 360 g/mol. The van der Waals surface area contributed by atoms with Gasteiger partial charge in [-0.2, -0.15) is 4.31 Å². The number of carbonyl (C=O) groups excluding carboxylic acids is 1. The number of sulfonamides is 1. The highest BCUT2D eigenvalue weighted by Crippen LogP contribution is 2.37. The van der Waals surface area contributed by atoms with E-state index in [4.69, 9.17) is 16.3 Å². The average Bonchev–Trinajstić information content (AvgIpc) is 2.99. The number of carboxylic acids is 1. The van der Waals surface area contributed by atoms with E-state index in [0.29, 0.717) is 6.42 Å². The molecule has 1 amide bonds. The van der Waals surface area contributed by atoms with Crippen LogP contribution in [0.15, 0.2) is 17.0 Å². The summed E-state index contributed by atoms with van der Waals surface area (Å²) in [6.07, 6.45) is 0.699. The summed E-state index contributed by atoms with van der Waals surface area (Å²) in [5, 5.41) is 11.7. The first-order valence-electron chi connectivity index (χ1n) is 7.08. The standard InChI is InChI=1S/C14H17ClN2O6S/c1-8(18)16-10-7-12(23-2)13(6-9(10)15)24(21,22)17-5-3-4-11(17)14(19)20/h6-7,11H,3-5H2,1-2H3,(H,16,18)(H,19,20)/t11-/m0/s1. The molecule has 0 unspecified atom stereocenters. The second-order valence-electron chi connectivity index (χ2n) is 5.28. The van der Waals surface area contributed by atoms with Crippen LogP contribution in [-0.4, -0.2) is 49.4 Å². The van der Waals surface area contributed by atoms with Gasteiger partial charge in [0.1, 0.15) is 16.7 Å². The monoisotopic (exact) mass is 376 g/mol. The Morgan fingerprint density at radius 2 is 2.08 bits per heavy atom. The number of anilines is 1. The fraction of sp³-hybridized carbons (Fsp3) is 0.429. The van der Waals surface area contributed by atoms with E-state index in [1.165, 1.54) is 20.1 Å². The summed E-state index contributed by atoms with van der Waals surface area (Å²) in [5.41, 5.74) is 0.205. The normalized spacial score (nSPS) is 18.4. The Morgan fingerprint density at radius 3 is 2.62 bits per heavy atom. The predicted molar refractivity (Wildman–Crippen MR) is 86.9 cm³/mol. The van der Waals surface area contributed by atoms with Crippen molar-refractivity contribution in [1.29, 1.82) is 0 Å². The van der Waals surface area contributed by atoms with Crippen molar-refractivity contribution >= 4 is 39.2 Å². The largest absolute Gasteiger partial charge is 0.495 e. The summed E-state index contributed by atoms with van der Waals surface area (Å²) in [4.78, 5) is 22.2. The van der Waals surface area contributed by atoms with Gasteiger partial charge in [0.05, 0.1) is 17.8 Å². The Morgan fingerprint density at radius 1 is 1.42 bits per heavy atom. The number of carbonyl (C=O) groups is 2.